The van der Waals surface area contributed by atoms with Crippen LogP contribution in [-0.2, 0) is 5.60 Å². The standard InChI is InChI=1S/C17H21NO/c1-12-4-5-13-10-14(6-7-15(13)18-12)17(19)9-8-16(2,3)11-17/h4-7,10,19H,8-9,11H2,1-3H3. The summed E-state index contributed by atoms with van der Waals surface area (Å²) >= 11 is 0. The van der Waals surface area contributed by atoms with Crippen molar-refractivity contribution in [3.63, 3.8) is 0 Å². The largest absolute Gasteiger partial charge is 0.385 e. The molecule has 1 aromatic heterocycles. The molecule has 0 saturated heterocycles. The van der Waals surface area contributed by atoms with Crippen molar-refractivity contribution in [3.05, 3.63) is 41.6 Å². The van der Waals surface area contributed by atoms with Crippen LogP contribution >= 0.6 is 0 Å². The molecule has 0 spiro atoms. The van der Waals surface area contributed by atoms with Gasteiger partial charge in [-0.15, -0.1) is 0 Å². The summed E-state index contributed by atoms with van der Waals surface area (Å²) in [4.78, 5) is 4.51. The van der Waals surface area contributed by atoms with Gasteiger partial charge >= 0.3 is 0 Å². The summed E-state index contributed by atoms with van der Waals surface area (Å²) in [6.07, 6.45) is 2.77. The number of aliphatic hydroxyl groups is 1. The maximum absolute atomic E-state index is 10.9. The summed E-state index contributed by atoms with van der Waals surface area (Å²) in [7, 11) is 0. The minimum absolute atomic E-state index is 0.231. The van der Waals surface area contributed by atoms with Gasteiger partial charge in [-0.3, -0.25) is 4.98 Å². The number of aromatic nitrogens is 1. The molecule has 0 aliphatic heterocycles. The second kappa shape index (κ2) is 4.04. The van der Waals surface area contributed by atoms with Crippen LogP contribution in [-0.4, -0.2) is 10.1 Å². The number of benzene rings is 1. The Balaban J connectivity index is 2.04. The van der Waals surface area contributed by atoms with Crippen LogP contribution in [0.4, 0.5) is 0 Å². The predicted octanol–water partition coefficient (Wildman–Crippen LogP) is 3.94. The third-order valence-corrected chi connectivity index (χ3v) is 4.35. The molecule has 1 atom stereocenters. The molecule has 0 radical (unpaired) electrons. The van der Waals surface area contributed by atoms with E-state index in [1.54, 1.807) is 0 Å². The third-order valence-electron chi connectivity index (χ3n) is 4.35. The fourth-order valence-corrected chi connectivity index (χ4v) is 3.28. The molecule has 1 fully saturated rings. The molecule has 0 amide bonds. The number of hydrogen-bond acceptors (Lipinski definition) is 2. The lowest BCUT2D eigenvalue weighted by Crippen LogP contribution is -2.23. The van der Waals surface area contributed by atoms with E-state index in [9.17, 15) is 5.11 Å². The minimum atomic E-state index is -0.664. The van der Waals surface area contributed by atoms with Crippen molar-refractivity contribution in [1.29, 1.82) is 0 Å². The first-order chi connectivity index (χ1) is 8.88. The van der Waals surface area contributed by atoms with Crippen LogP contribution in [0.2, 0.25) is 0 Å². The van der Waals surface area contributed by atoms with E-state index < -0.39 is 5.60 Å². The molecule has 2 aromatic rings. The Kier molecular flexibility index (Phi) is 2.68. The van der Waals surface area contributed by atoms with Crippen LogP contribution < -0.4 is 0 Å². The minimum Gasteiger partial charge on any atom is -0.385 e. The first-order valence-corrected chi connectivity index (χ1v) is 6.98. The van der Waals surface area contributed by atoms with E-state index >= 15 is 0 Å². The summed E-state index contributed by atoms with van der Waals surface area (Å²) in [5.74, 6) is 0. The highest BCUT2D eigenvalue weighted by Crippen LogP contribution is 2.49. The average Bonchev–Trinajstić information content (AvgIpc) is 2.64. The molecule has 1 aromatic carbocycles. The van der Waals surface area contributed by atoms with Gasteiger partial charge in [-0.2, -0.15) is 0 Å². The van der Waals surface area contributed by atoms with E-state index in [0.717, 1.165) is 41.4 Å². The Bertz CT molecular complexity index is 632. The molecular formula is C17H21NO. The van der Waals surface area contributed by atoms with Gasteiger partial charge < -0.3 is 5.11 Å². The Morgan fingerprint density at radius 1 is 1.11 bits per heavy atom. The zero-order valence-corrected chi connectivity index (χ0v) is 11.9. The van der Waals surface area contributed by atoms with E-state index in [1.165, 1.54) is 0 Å². The van der Waals surface area contributed by atoms with E-state index in [2.05, 4.69) is 31.0 Å². The lowest BCUT2D eigenvalue weighted by Gasteiger charge is -2.26. The van der Waals surface area contributed by atoms with Crippen molar-refractivity contribution >= 4 is 10.9 Å². The van der Waals surface area contributed by atoms with Gasteiger partial charge in [-0.05, 0) is 55.4 Å². The smallest absolute Gasteiger partial charge is 0.0902 e. The van der Waals surface area contributed by atoms with Crippen LogP contribution in [0.5, 0.6) is 0 Å². The van der Waals surface area contributed by atoms with Gasteiger partial charge in [0.2, 0.25) is 0 Å². The molecule has 100 valence electrons. The van der Waals surface area contributed by atoms with E-state index in [-0.39, 0.29) is 5.41 Å². The van der Waals surface area contributed by atoms with Crippen LogP contribution in [0.3, 0.4) is 0 Å². The van der Waals surface area contributed by atoms with Crippen LogP contribution in [0.15, 0.2) is 30.3 Å². The van der Waals surface area contributed by atoms with Crippen molar-refractivity contribution in [2.24, 2.45) is 5.41 Å². The van der Waals surface area contributed by atoms with E-state index in [0.29, 0.717) is 0 Å². The zero-order chi connectivity index (χ0) is 13.7. The van der Waals surface area contributed by atoms with Crippen LogP contribution in [0.1, 0.15) is 44.4 Å². The van der Waals surface area contributed by atoms with Crippen molar-refractivity contribution in [2.45, 2.75) is 45.6 Å². The molecule has 0 bridgehead atoms. The highest BCUT2D eigenvalue weighted by atomic mass is 16.3. The molecule has 2 nitrogen and oxygen atoms in total. The van der Waals surface area contributed by atoms with E-state index in [1.807, 2.05) is 25.1 Å². The summed E-state index contributed by atoms with van der Waals surface area (Å²) in [6, 6.07) is 10.3. The van der Waals surface area contributed by atoms with Crippen molar-refractivity contribution < 1.29 is 5.11 Å². The molecule has 19 heavy (non-hydrogen) atoms. The third kappa shape index (κ3) is 2.25. The predicted molar refractivity (Wildman–Crippen MR) is 78.0 cm³/mol. The number of nitrogens with zero attached hydrogens (tertiary/aromatic N) is 1. The molecule has 1 saturated carbocycles. The molecule has 1 unspecified atom stereocenters. The highest BCUT2D eigenvalue weighted by molar-refractivity contribution is 5.79. The maximum Gasteiger partial charge on any atom is 0.0902 e. The molecular weight excluding hydrogens is 234 g/mol. The first kappa shape index (κ1) is 12.6. The van der Waals surface area contributed by atoms with Gasteiger partial charge in [0.25, 0.3) is 0 Å². The van der Waals surface area contributed by atoms with Gasteiger partial charge in [0.15, 0.2) is 0 Å². The number of pyridine rings is 1. The second-order valence-corrected chi connectivity index (χ2v) is 6.73. The summed E-state index contributed by atoms with van der Waals surface area (Å²) < 4.78 is 0. The Morgan fingerprint density at radius 3 is 2.58 bits per heavy atom. The van der Waals surface area contributed by atoms with Crippen LogP contribution in [0.25, 0.3) is 10.9 Å². The lowest BCUT2D eigenvalue weighted by molar-refractivity contribution is 0.0340. The Morgan fingerprint density at radius 2 is 1.89 bits per heavy atom. The van der Waals surface area contributed by atoms with Crippen molar-refractivity contribution in [3.8, 4) is 0 Å². The van der Waals surface area contributed by atoms with Gasteiger partial charge in [-0.1, -0.05) is 26.0 Å². The van der Waals surface area contributed by atoms with Crippen LogP contribution in [0, 0.1) is 12.3 Å². The highest BCUT2D eigenvalue weighted by Gasteiger charge is 2.42. The Labute approximate surface area is 114 Å². The molecule has 1 N–H and O–H groups in total. The number of fused-ring (bicyclic) bond motifs is 1. The number of rotatable bonds is 1. The van der Waals surface area contributed by atoms with Gasteiger partial charge in [0.05, 0.1) is 11.1 Å². The molecule has 1 aliphatic rings. The topological polar surface area (TPSA) is 33.1 Å². The first-order valence-electron chi connectivity index (χ1n) is 6.98. The van der Waals surface area contributed by atoms with Gasteiger partial charge in [-0.25, -0.2) is 0 Å². The van der Waals surface area contributed by atoms with Gasteiger partial charge in [0, 0.05) is 11.1 Å². The SMILES string of the molecule is Cc1ccc2cc(C3(O)CCC(C)(C)C3)ccc2n1. The van der Waals surface area contributed by atoms with E-state index in [4.69, 9.17) is 0 Å². The van der Waals surface area contributed by atoms with Gasteiger partial charge in [0.1, 0.15) is 0 Å². The fourth-order valence-electron chi connectivity index (χ4n) is 3.28. The summed E-state index contributed by atoms with van der Waals surface area (Å²) in [5, 5.41) is 12.0. The number of aryl methyl sites for hydroxylation is 1. The monoisotopic (exact) mass is 255 g/mol. The quantitative estimate of drug-likeness (QED) is 0.837. The summed E-state index contributed by atoms with van der Waals surface area (Å²) in [5.41, 5.74) is 2.64. The van der Waals surface area contributed by atoms with Crippen molar-refractivity contribution in [2.75, 3.05) is 0 Å². The molecule has 1 aliphatic carbocycles. The van der Waals surface area contributed by atoms with Crippen molar-refractivity contribution in [1.82, 2.24) is 4.98 Å². The average molecular weight is 255 g/mol. The molecule has 3 rings (SSSR count). The molecule has 2 heteroatoms. The molecule has 1 heterocycles. The zero-order valence-electron chi connectivity index (χ0n) is 11.9. The number of hydrogen-bond donors (Lipinski definition) is 1. The second-order valence-electron chi connectivity index (χ2n) is 6.73. The fraction of sp³-hybridized carbons (Fsp3) is 0.471. The summed E-state index contributed by atoms with van der Waals surface area (Å²) in [6.45, 7) is 6.47. The maximum atomic E-state index is 10.9. The Hall–Kier alpha value is -1.41. The lowest BCUT2D eigenvalue weighted by atomic mass is 9.85. The normalized spacial score (nSPS) is 25.9.